The first-order chi connectivity index (χ1) is 18.3. The highest BCUT2D eigenvalue weighted by Gasteiger charge is 2.42. The molecule has 1 amide bonds. The summed E-state index contributed by atoms with van der Waals surface area (Å²) in [7, 11) is 2.59. The van der Waals surface area contributed by atoms with Crippen molar-refractivity contribution in [3.05, 3.63) is 83.9 Å². The van der Waals surface area contributed by atoms with Crippen LogP contribution in [-0.2, 0) is 19.1 Å². The molecule has 0 aromatic heterocycles. The molecule has 196 valence electrons. The first-order valence-electron chi connectivity index (χ1n) is 12.1. The van der Waals surface area contributed by atoms with Gasteiger partial charge in [0, 0.05) is 11.3 Å². The molecule has 0 radical (unpaired) electrons. The zero-order valence-corrected chi connectivity index (χ0v) is 21.2. The second kappa shape index (κ2) is 11.6. The molecule has 0 unspecified atom stereocenters. The van der Waals surface area contributed by atoms with E-state index in [-0.39, 0.29) is 30.8 Å². The van der Waals surface area contributed by atoms with Crippen LogP contribution in [0, 0.1) is 11.3 Å². The lowest BCUT2D eigenvalue weighted by atomic mass is 10.0. The number of hydrogen-bond donors (Lipinski definition) is 2. The molecule has 0 saturated carbocycles. The van der Waals surface area contributed by atoms with Crippen LogP contribution in [0.3, 0.4) is 0 Å². The maximum absolute atomic E-state index is 13.3. The second-order valence-electron chi connectivity index (χ2n) is 8.94. The minimum absolute atomic E-state index is 0.0191. The standard InChI is InChI=1S/C29H29N3O6/c1-36-26(33)16-22-15-24(32(28(22)34)23-5-3-4-21(14-23)29(35)37-2)17-38-25-12-10-19(11-13-25)18-6-8-20(9-7-18)27(30)31/h3-14,22,24H,15-17H2,1-2H3,(H3,30,31)/t22-,24-/m0/s1. The molecule has 2 atom stereocenters. The van der Waals surface area contributed by atoms with Crippen molar-refractivity contribution in [1.82, 2.24) is 0 Å². The predicted molar refractivity (Wildman–Crippen MR) is 142 cm³/mol. The Kier molecular flexibility index (Phi) is 8.06. The zero-order chi connectivity index (χ0) is 27.2. The highest BCUT2D eigenvalue weighted by atomic mass is 16.5. The van der Waals surface area contributed by atoms with E-state index in [0.29, 0.717) is 29.0 Å². The van der Waals surface area contributed by atoms with Gasteiger partial charge in [-0.2, -0.15) is 0 Å². The van der Waals surface area contributed by atoms with E-state index in [2.05, 4.69) is 0 Å². The lowest BCUT2D eigenvalue weighted by Gasteiger charge is -2.25. The minimum Gasteiger partial charge on any atom is -0.491 e. The fourth-order valence-corrected chi connectivity index (χ4v) is 4.53. The molecular weight excluding hydrogens is 486 g/mol. The summed E-state index contributed by atoms with van der Waals surface area (Å²) < 4.78 is 15.7. The Labute approximate surface area is 220 Å². The van der Waals surface area contributed by atoms with Crippen LogP contribution in [-0.4, -0.2) is 50.5 Å². The third-order valence-corrected chi connectivity index (χ3v) is 6.52. The Balaban J connectivity index is 1.51. The number of benzene rings is 3. The number of amidine groups is 1. The van der Waals surface area contributed by atoms with Gasteiger partial charge in [0.25, 0.3) is 0 Å². The van der Waals surface area contributed by atoms with Crippen molar-refractivity contribution in [2.45, 2.75) is 18.9 Å². The van der Waals surface area contributed by atoms with Crippen LogP contribution in [0.1, 0.15) is 28.8 Å². The quantitative estimate of drug-likeness (QED) is 0.252. The van der Waals surface area contributed by atoms with Gasteiger partial charge >= 0.3 is 11.9 Å². The number of nitrogens with one attached hydrogen (secondary N) is 1. The maximum Gasteiger partial charge on any atom is 0.337 e. The number of nitrogens with zero attached hydrogens (tertiary/aromatic N) is 1. The normalized spacial score (nSPS) is 16.7. The van der Waals surface area contributed by atoms with Crippen LogP contribution < -0.4 is 15.4 Å². The summed E-state index contributed by atoms with van der Waals surface area (Å²) in [4.78, 5) is 38.9. The largest absolute Gasteiger partial charge is 0.491 e. The number of anilines is 1. The third kappa shape index (κ3) is 5.83. The molecule has 0 bridgehead atoms. The van der Waals surface area contributed by atoms with Gasteiger partial charge < -0.3 is 24.8 Å². The van der Waals surface area contributed by atoms with Crippen molar-refractivity contribution < 1.29 is 28.6 Å². The molecule has 1 aliphatic heterocycles. The van der Waals surface area contributed by atoms with Crippen molar-refractivity contribution in [3.63, 3.8) is 0 Å². The van der Waals surface area contributed by atoms with Crippen LogP contribution in [0.2, 0.25) is 0 Å². The van der Waals surface area contributed by atoms with Gasteiger partial charge in [0.2, 0.25) is 5.91 Å². The van der Waals surface area contributed by atoms with E-state index >= 15 is 0 Å². The Bertz CT molecular complexity index is 1340. The van der Waals surface area contributed by atoms with Crippen molar-refractivity contribution in [1.29, 1.82) is 5.41 Å². The number of esters is 2. The topological polar surface area (TPSA) is 132 Å². The fraction of sp³-hybridized carbons (Fsp3) is 0.241. The molecule has 1 saturated heterocycles. The predicted octanol–water partition coefficient (Wildman–Crippen LogP) is 3.79. The van der Waals surface area contributed by atoms with E-state index in [1.54, 1.807) is 41.3 Å². The number of hydrogen-bond acceptors (Lipinski definition) is 7. The Morgan fingerprint density at radius 2 is 1.61 bits per heavy atom. The molecule has 1 fully saturated rings. The summed E-state index contributed by atoms with van der Waals surface area (Å²) >= 11 is 0. The van der Waals surface area contributed by atoms with E-state index in [4.69, 9.17) is 25.4 Å². The van der Waals surface area contributed by atoms with Crippen LogP contribution in [0.4, 0.5) is 5.69 Å². The number of rotatable bonds is 9. The Morgan fingerprint density at radius 3 is 2.21 bits per heavy atom. The summed E-state index contributed by atoms with van der Waals surface area (Å²) in [6.07, 6.45) is 0.368. The highest BCUT2D eigenvalue weighted by molar-refractivity contribution is 6.01. The molecule has 1 aliphatic rings. The highest BCUT2D eigenvalue weighted by Crippen LogP contribution is 2.34. The van der Waals surface area contributed by atoms with E-state index in [1.165, 1.54) is 14.2 Å². The van der Waals surface area contributed by atoms with Gasteiger partial charge in [-0.25, -0.2) is 4.79 Å². The molecule has 0 spiro atoms. The summed E-state index contributed by atoms with van der Waals surface area (Å²) in [6, 6.07) is 21.2. The lowest BCUT2D eigenvalue weighted by molar-refractivity contribution is -0.143. The molecule has 3 aromatic rings. The van der Waals surface area contributed by atoms with E-state index in [0.717, 1.165) is 11.1 Å². The lowest BCUT2D eigenvalue weighted by Crippen LogP contribution is -2.37. The SMILES string of the molecule is COC(=O)C[C@@H]1C[C@@H](COc2ccc(-c3ccc(C(=N)N)cc3)cc2)N(c2cccc(C(=O)OC)c2)C1=O. The zero-order valence-electron chi connectivity index (χ0n) is 21.2. The second-order valence-corrected chi connectivity index (χ2v) is 8.94. The van der Waals surface area contributed by atoms with Crippen LogP contribution >= 0.6 is 0 Å². The summed E-state index contributed by atoms with van der Waals surface area (Å²) in [5.74, 6) is -1.10. The van der Waals surface area contributed by atoms with E-state index < -0.39 is 17.9 Å². The number of nitrogens with two attached hydrogens (primary N) is 1. The van der Waals surface area contributed by atoms with E-state index in [9.17, 15) is 14.4 Å². The number of methoxy groups -OCH3 is 2. The van der Waals surface area contributed by atoms with Gasteiger partial charge in [-0.3, -0.25) is 15.0 Å². The number of amides is 1. The first-order valence-corrected chi connectivity index (χ1v) is 12.1. The molecule has 3 aromatic carbocycles. The first kappa shape index (κ1) is 26.4. The van der Waals surface area contributed by atoms with Gasteiger partial charge in [-0.15, -0.1) is 0 Å². The van der Waals surface area contributed by atoms with Crippen LogP contribution in [0.25, 0.3) is 11.1 Å². The van der Waals surface area contributed by atoms with Crippen molar-refractivity contribution in [2.75, 3.05) is 25.7 Å². The third-order valence-electron chi connectivity index (χ3n) is 6.52. The van der Waals surface area contributed by atoms with Gasteiger partial charge in [0.05, 0.1) is 38.2 Å². The van der Waals surface area contributed by atoms with Gasteiger partial charge in [0.1, 0.15) is 18.2 Å². The molecule has 9 heteroatoms. The fourth-order valence-electron chi connectivity index (χ4n) is 4.53. The summed E-state index contributed by atoms with van der Waals surface area (Å²) in [6.45, 7) is 0.193. The molecule has 4 rings (SSSR count). The summed E-state index contributed by atoms with van der Waals surface area (Å²) in [5.41, 5.74) is 8.99. The summed E-state index contributed by atoms with van der Waals surface area (Å²) in [5, 5.41) is 7.52. The van der Waals surface area contributed by atoms with Crippen molar-refractivity contribution >= 4 is 29.4 Å². The van der Waals surface area contributed by atoms with Gasteiger partial charge in [0.15, 0.2) is 0 Å². The van der Waals surface area contributed by atoms with Crippen LogP contribution in [0.5, 0.6) is 5.75 Å². The minimum atomic E-state index is -0.557. The van der Waals surface area contributed by atoms with Gasteiger partial charge in [-0.05, 0) is 47.9 Å². The molecular formula is C29H29N3O6. The van der Waals surface area contributed by atoms with Crippen LogP contribution in [0.15, 0.2) is 72.8 Å². The van der Waals surface area contributed by atoms with Crippen molar-refractivity contribution in [3.8, 4) is 16.9 Å². The Morgan fingerprint density at radius 1 is 0.947 bits per heavy atom. The number of nitrogen functional groups attached to an aromatic ring is 1. The molecule has 3 N–H and O–H groups in total. The molecule has 0 aliphatic carbocycles. The number of ether oxygens (including phenoxy) is 3. The van der Waals surface area contributed by atoms with E-state index in [1.807, 2.05) is 36.4 Å². The Hall–Kier alpha value is -4.66. The van der Waals surface area contributed by atoms with Gasteiger partial charge in [-0.1, -0.05) is 42.5 Å². The maximum atomic E-state index is 13.3. The average Bonchev–Trinajstić information content (AvgIpc) is 3.26. The smallest absolute Gasteiger partial charge is 0.337 e. The number of carbonyl (C=O) groups excluding carboxylic acids is 3. The number of carbonyl (C=O) groups is 3. The molecule has 38 heavy (non-hydrogen) atoms. The van der Waals surface area contributed by atoms with Crippen molar-refractivity contribution in [2.24, 2.45) is 11.7 Å². The molecule has 9 nitrogen and oxygen atoms in total. The average molecular weight is 516 g/mol. The monoisotopic (exact) mass is 515 g/mol. The molecule has 1 heterocycles.